The summed E-state index contributed by atoms with van der Waals surface area (Å²) in [6, 6.07) is 75.1. The zero-order valence-electron chi connectivity index (χ0n) is 50.3. The number of hydrogen-bond acceptors (Lipinski definition) is 5. The third-order valence-corrected chi connectivity index (χ3v) is 17.8. The summed E-state index contributed by atoms with van der Waals surface area (Å²) in [6.45, 7) is 29.8. The van der Waals surface area contributed by atoms with Crippen LogP contribution in [0.4, 0.5) is 51.2 Å². The lowest BCUT2D eigenvalue weighted by atomic mass is 9.33. The Morgan fingerprint density at radius 2 is 0.867 bits per heavy atom. The van der Waals surface area contributed by atoms with Gasteiger partial charge in [-0.3, -0.25) is 0 Å². The SMILES string of the molecule is Cc1cccc2c1oc1c(N(c3ccccc3)c3cc4c5c(c3)N(c3ccccc3-c3cccc6c3oc3c(C(C)(C)C)cccc36)c3ccc(C(C)(C)C)cc3B5c3cc(C(C)(C)C)ccc3N4c3ccc(C(C)(C)C)cc3)cccc12. The molecule has 0 amide bonds. The second-order valence-electron chi connectivity index (χ2n) is 27.5. The lowest BCUT2D eigenvalue weighted by molar-refractivity contribution is 0.573. The van der Waals surface area contributed by atoms with E-state index < -0.39 is 0 Å². The first-order chi connectivity index (χ1) is 39.6. The highest BCUT2D eigenvalue weighted by molar-refractivity contribution is 7.00. The van der Waals surface area contributed by atoms with Gasteiger partial charge in [0.15, 0.2) is 5.58 Å². The average Bonchev–Trinajstić information content (AvgIpc) is 1.58. The molecule has 2 aliphatic rings. The first-order valence-electron chi connectivity index (χ1n) is 29.6. The maximum absolute atomic E-state index is 7.23. The van der Waals surface area contributed by atoms with E-state index in [1.54, 1.807) is 0 Å². The minimum atomic E-state index is -0.126. The molecule has 5 nitrogen and oxygen atoms in total. The van der Waals surface area contributed by atoms with Crippen LogP contribution in [-0.4, -0.2) is 6.71 Å². The largest absolute Gasteiger partial charge is 0.455 e. The van der Waals surface area contributed by atoms with Crippen LogP contribution >= 0.6 is 0 Å². The van der Waals surface area contributed by atoms with Gasteiger partial charge in [-0.1, -0.05) is 223 Å². The average molecular weight is 1080 g/mol. The Balaban J connectivity index is 1.13. The van der Waals surface area contributed by atoms with Gasteiger partial charge in [0, 0.05) is 72.4 Å². The summed E-state index contributed by atoms with van der Waals surface area (Å²) in [4.78, 5) is 7.58. The number of aryl methyl sites for hydroxylation is 1. The number of nitrogens with zero attached hydrogens (tertiary/aromatic N) is 3. The minimum Gasteiger partial charge on any atom is -0.455 e. The number of para-hydroxylation sites is 6. The molecule has 83 heavy (non-hydrogen) atoms. The van der Waals surface area contributed by atoms with Crippen molar-refractivity contribution in [2.45, 2.75) is 112 Å². The van der Waals surface area contributed by atoms with Crippen LogP contribution in [0.15, 0.2) is 209 Å². The number of benzene rings is 10. The van der Waals surface area contributed by atoms with E-state index in [1.165, 1.54) is 44.3 Å². The van der Waals surface area contributed by atoms with E-state index in [1.807, 2.05) is 0 Å². The van der Waals surface area contributed by atoms with Crippen LogP contribution in [0.25, 0.3) is 55.0 Å². The highest BCUT2D eigenvalue weighted by atomic mass is 16.3. The van der Waals surface area contributed by atoms with Crippen LogP contribution < -0.4 is 31.1 Å². The Hall–Kier alpha value is -8.74. The van der Waals surface area contributed by atoms with E-state index >= 15 is 0 Å². The van der Waals surface area contributed by atoms with E-state index in [4.69, 9.17) is 8.83 Å². The van der Waals surface area contributed by atoms with Crippen molar-refractivity contribution in [1.82, 2.24) is 0 Å². The first-order valence-corrected chi connectivity index (χ1v) is 29.6. The summed E-state index contributed by atoms with van der Waals surface area (Å²) in [5.41, 5.74) is 25.1. The molecule has 0 saturated heterocycles. The Kier molecular flexibility index (Phi) is 11.8. The molecule has 2 aromatic heterocycles. The smallest absolute Gasteiger partial charge is 0.252 e. The van der Waals surface area contributed by atoms with Gasteiger partial charge in [-0.05, 0) is 128 Å². The molecule has 2 aliphatic heterocycles. The van der Waals surface area contributed by atoms with Crippen molar-refractivity contribution < 1.29 is 8.83 Å². The molecular weight excluding hydrogens is 1010 g/mol. The van der Waals surface area contributed by atoms with Crippen molar-refractivity contribution in [1.29, 1.82) is 0 Å². The predicted octanol–water partition coefficient (Wildman–Crippen LogP) is 20.2. The summed E-state index contributed by atoms with van der Waals surface area (Å²) in [7, 11) is 0. The standard InChI is InChI=1S/C77H72BN3O2/c1-47-23-19-27-56-59-31-22-34-66(73(59)82-70(47)56)79(51-24-15-14-16-25-51)53-45-67-69-68(46-53)81(63-33-18-17-26-54(63)55-28-20-29-57-58-30-21-32-60(77(11,12)13)72(58)83-71(55)57)65-42-38-50(76(8,9)10)44-62(65)78(69)61-43-49(75(5,6)7)37-41-64(61)80(67)52-39-35-48(36-40-52)74(2,3)4/h14-46H,1-13H3. The number of anilines is 9. The number of fused-ring (bicyclic) bond motifs is 10. The van der Waals surface area contributed by atoms with Gasteiger partial charge in [0.25, 0.3) is 6.71 Å². The summed E-state index contributed by atoms with van der Waals surface area (Å²) < 4.78 is 14.3. The van der Waals surface area contributed by atoms with Crippen LogP contribution in [0.1, 0.15) is 111 Å². The number of rotatable bonds is 6. The van der Waals surface area contributed by atoms with Gasteiger partial charge in [-0.2, -0.15) is 0 Å². The Morgan fingerprint density at radius 1 is 0.361 bits per heavy atom. The third kappa shape index (κ3) is 8.42. The molecule has 4 heterocycles. The zero-order valence-corrected chi connectivity index (χ0v) is 50.3. The fourth-order valence-corrected chi connectivity index (χ4v) is 13.3. The monoisotopic (exact) mass is 1080 g/mol. The molecule has 0 atom stereocenters. The van der Waals surface area contributed by atoms with E-state index in [0.29, 0.717) is 0 Å². The second kappa shape index (κ2) is 18.6. The molecule has 0 spiro atoms. The minimum absolute atomic E-state index is 0.0273. The molecule has 0 unspecified atom stereocenters. The normalized spacial score (nSPS) is 13.5. The summed E-state index contributed by atoms with van der Waals surface area (Å²) in [5.74, 6) is 0. The quantitative estimate of drug-likeness (QED) is 0.155. The lowest BCUT2D eigenvalue weighted by Gasteiger charge is -2.46. The zero-order chi connectivity index (χ0) is 57.6. The van der Waals surface area contributed by atoms with Crippen molar-refractivity contribution in [2.24, 2.45) is 0 Å². The molecule has 0 radical (unpaired) electrons. The van der Waals surface area contributed by atoms with Crippen molar-refractivity contribution in [3.8, 4) is 11.1 Å². The van der Waals surface area contributed by atoms with Crippen molar-refractivity contribution in [3.63, 3.8) is 0 Å². The molecule has 6 heteroatoms. The van der Waals surface area contributed by atoms with Gasteiger partial charge in [0.2, 0.25) is 0 Å². The van der Waals surface area contributed by atoms with Crippen molar-refractivity contribution >= 4 is 118 Å². The maximum atomic E-state index is 7.23. The molecular formula is C77H72BN3O2. The van der Waals surface area contributed by atoms with E-state index in [-0.39, 0.29) is 28.4 Å². The van der Waals surface area contributed by atoms with Gasteiger partial charge in [-0.25, -0.2) is 0 Å². The fraction of sp³-hybridized carbons (Fsp3) is 0.221. The highest BCUT2D eigenvalue weighted by Gasteiger charge is 2.45. The van der Waals surface area contributed by atoms with Crippen molar-refractivity contribution in [2.75, 3.05) is 14.7 Å². The van der Waals surface area contributed by atoms with Crippen LogP contribution in [0.2, 0.25) is 0 Å². The van der Waals surface area contributed by atoms with Gasteiger partial charge < -0.3 is 23.5 Å². The maximum Gasteiger partial charge on any atom is 0.252 e. The molecule has 12 aromatic rings. The predicted molar refractivity (Wildman–Crippen MR) is 355 cm³/mol. The van der Waals surface area contributed by atoms with Gasteiger partial charge in [-0.15, -0.1) is 0 Å². The van der Waals surface area contributed by atoms with E-state index in [2.05, 4.69) is 305 Å². The molecule has 0 bridgehead atoms. The summed E-state index contributed by atoms with van der Waals surface area (Å²) in [6.07, 6.45) is 0. The highest BCUT2D eigenvalue weighted by Crippen LogP contribution is 2.53. The molecule has 0 fully saturated rings. The van der Waals surface area contributed by atoms with Crippen LogP contribution in [-0.2, 0) is 21.7 Å². The summed E-state index contributed by atoms with van der Waals surface area (Å²) in [5, 5.41) is 4.44. The first kappa shape index (κ1) is 52.3. The van der Waals surface area contributed by atoms with Crippen molar-refractivity contribution in [3.05, 3.63) is 228 Å². The Bertz CT molecular complexity index is 4570. The van der Waals surface area contributed by atoms with Crippen LogP contribution in [0.3, 0.4) is 0 Å². The fourth-order valence-electron chi connectivity index (χ4n) is 13.3. The van der Waals surface area contributed by atoms with E-state index in [0.717, 1.165) is 106 Å². The number of hydrogen-bond donors (Lipinski definition) is 0. The Morgan fingerprint density at radius 3 is 1.51 bits per heavy atom. The van der Waals surface area contributed by atoms with E-state index in [9.17, 15) is 0 Å². The topological polar surface area (TPSA) is 36.0 Å². The second-order valence-corrected chi connectivity index (χ2v) is 27.5. The molecule has 0 aliphatic carbocycles. The molecule has 14 rings (SSSR count). The van der Waals surface area contributed by atoms with Gasteiger partial charge >= 0.3 is 0 Å². The molecule has 0 N–H and O–H groups in total. The molecule has 0 saturated carbocycles. The molecule has 10 aromatic carbocycles. The number of furan rings is 2. The third-order valence-electron chi connectivity index (χ3n) is 17.8. The van der Waals surface area contributed by atoms with Crippen LogP contribution in [0, 0.1) is 6.92 Å². The summed E-state index contributed by atoms with van der Waals surface area (Å²) >= 11 is 0. The lowest BCUT2D eigenvalue weighted by Crippen LogP contribution is -2.61. The Labute approximate surface area is 489 Å². The van der Waals surface area contributed by atoms with Gasteiger partial charge in [0.1, 0.15) is 16.7 Å². The molecule has 410 valence electrons. The van der Waals surface area contributed by atoms with Crippen LogP contribution in [0.5, 0.6) is 0 Å². The van der Waals surface area contributed by atoms with Gasteiger partial charge in [0.05, 0.1) is 17.1 Å².